The quantitative estimate of drug-likeness (QED) is 0.696. The highest BCUT2D eigenvalue weighted by molar-refractivity contribution is 7.92. The summed E-state index contributed by atoms with van der Waals surface area (Å²) in [6.45, 7) is 0.323. The fraction of sp³-hybridized carbons (Fsp3) is 0.133. The SMILES string of the molecule is O=c1[nH]c(=O)c2cc(S(=O)(=O)N3CCc4cnccc43)ccc2[nH]1. The minimum absolute atomic E-state index is 0.00258. The van der Waals surface area contributed by atoms with Crippen molar-refractivity contribution >= 4 is 26.6 Å². The Morgan fingerprint density at radius 2 is 1.96 bits per heavy atom. The number of fused-ring (bicyclic) bond motifs is 2. The zero-order chi connectivity index (χ0) is 16.9. The standard InChI is InChI=1S/C15H12N4O4S/c20-14-11-7-10(1-2-12(11)17-15(21)18-14)24(22,23)19-6-4-9-8-16-5-3-13(9)19/h1-3,5,7-8H,4,6H2,(H2,17,18,20,21). The van der Waals surface area contributed by atoms with E-state index in [4.69, 9.17) is 0 Å². The minimum Gasteiger partial charge on any atom is -0.307 e. The third-order valence-electron chi connectivity index (χ3n) is 4.03. The van der Waals surface area contributed by atoms with Gasteiger partial charge in [-0.3, -0.25) is 19.1 Å². The normalized spacial score (nSPS) is 14.1. The van der Waals surface area contributed by atoms with Crippen LogP contribution in [0.5, 0.6) is 0 Å². The molecule has 9 heteroatoms. The van der Waals surface area contributed by atoms with Gasteiger partial charge in [0.05, 0.1) is 21.5 Å². The van der Waals surface area contributed by atoms with Crippen molar-refractivity contribution in [2.45, 2.75) is 11.3 Å². The Balaban J connectivity index is 1.88. The summed E-state index contributed by atoms with van der Waals surface area (Å²) in [6.07, 6.45) is 3.78. The number of hydrogen-bond donors (Lipinski definition) is 2. The maximum absolute atomic E-state index is 12.9. The van der Waals surface area contributed by atoms with Gasteiger partial charge in [0.15, 0.2) is 0 Å². The molecule has 8 nitrogen and oxygen atoms in total. The summed E-state index contributed by atoms with van der Waals surface area (Å²) in [5.41, 5.74) is 0.485. The maximum Gasteiger partial charge on any atom is 0.326 e. The largest absolute Gasteiger partial charge is 0.326 e. The van der Waals surface area contributed by atoms with E-state index in [0.29, 0.717) is 18.7 Å². The Kier molecular flexibility index (Phi) is 3.07. The maximum atomic E-state index is 12.9. The number of anilines is 1. The molecule has 0 bridgehead atoms. The predicted molar refractivity (Wildman–Crippen MR) is 87.7 cm³/mol. The summed E-state index contributed by atoms with van der Waals surface area (Å²) in [5.74, 6) is 0. The molecule has 2 aromatic heterocycles. The van der Waals surface area contributed by atoms with Crippen LogP contribution in [0.25, 0.3) is 10.9 Å². The Hall–Kier alpha value is -2.94. The lowest BCUT2D eigenvalue weighted by Gasteiger charge is -2.19. The van der Waals surface area contributed by atoms with Crippen molar-refractivity contribution in [2.24, 2.45) is 0 Å². The highest BCUT2D eigenvalue weighted by atomic mass is 32.2. The lowest BCUT2D eigenvalue weighted by Crippen LogP contribution is -2.29. The molecule has 3 heterocycles. The second-order valence-corrected chi connectivity index (χ2v) is 7.31. The van der Waals surface area contributed by atoms with Crippen LogP contribution >= 0.6 is 0 Å². The van der Waals surface area contributed by atoms with Gasteiger partial charge in [-0.25, -0.2) is 13.2 Å². The monoisotopic (exact) mass is 344 g/mol. The van der Waals surface area contributed by atoms with Crippen LogP contribution < -0.4 is 15.6 Å². The van der Waals surface area contributed by atoms with Crippen molar-refractivity contribution in [1.29, 1.82) is 0 Å². The molecule has 0 saturated heterocycles. The first-order valence-corrected chi connectivity index (χ1v) is 8.63. The van der Waals surface area contributed by atoms with E-state index in [2.05, 4.69) is 15.0 Å². The van der Waals surface area contributed by atoms with Gasteiger partial charge in [0.25, 0.3) is 15.6 Å². The molecule has 0 atom stereocenters. The van der Waals surface area contributed by atoms with Crippen LogP contribution in [-0.4, -0.2) is 29.9 Å². The number of aromatic amines is 2. The van der Waals surface area contributed by atoms with Gasteiger partial charge in [0, 0.05) is 18.9 Å². The zero-order valence-electron chi connectivity index (χ0n) is 12.3. The van der Waals surface area contributed by atoms with Crippen LogP contribution in [0.2, 0.25) is 0 Å². The van der Waals surface area contributed by atoms with E-state index in [1.165, 1.54) is 22.5 Å². The number of nitrogens with zero attached hydrogens (tertiary/aromatic N) is 2. The zero-order valence-corrected chi connectivity index (χ0v) is 13.1. The van der Waals surface area contributed by atoms with Crippen molar-refractivity contribution < 1.29 is 8.42 Å². The van der Waals surface area contributed by atoms with Crippen molar-refractivity contribution in [3.63, 3.8) is 0 Å². The van der Waals surface area contributed by atoms with Crippen LogP contribution in [0.15, 0.2) is 51.1 Å². The molecule has 3 aromatic rings. The molecule has 0 aliphatic carbocycles. The Bertz CT molecular complexity index is 1180. The molecule has 2 N–H and O–H groups in total. The molecule has 0 unspecified atom stereocenters. The van der Waals surface area contributed by atoms with E-state index >= 15 is 0 Å². The van der Waals surface area contributed by atoms with Crippen LogP contribution in [0, 0.1) is 0 Å². The van der Waals surface area contributed by atoms with Gasteiger partial charge in [0.2, 0.25) is 0 Å². The number of aromatic nitrogens is 3. The lowest BCUT2D eigenvalue weighted by molar-refractivity contribution is 0.592. The summed E-state index contributed by atoms with van der Waals surface area (Å²) < 4.78 is 27.2. The second kappa shape index (κ2) is 5.03. The van der Waals surface area contributed by atoms with E-state index in [9.17, 15) is 18.0 Å². The lowest BCUT2D eigenvalue weighted by atomic mass is 10.2. The average Bonchev–Trinajstić information content (AvgIpc) is 2.99. The molecule has 24 heavy (non-hydrogen) atoms. The highest BCUT2D eigenvalue weighted by Gasteiger charge is 2.31. The van der Waals surface area contributed by atoms with Gasteiger partial charge >= 0.3 is 5.69 Å². The first-order valence-electron chi connectivity index (χ1n) is 7.19. The van der Waals surface area contributed by atoms with Crippen molar-refractivity contribution in [3.05, 3.63) is 63.1 Å². The van der Waals surface area contributed by atoms with Gasteiger partial charge in [-0.2, -0.15) is 0 Å². The molecule has 1 aliphatic heterocycles. The third-order valence-corrected chi connectivity index (χ3v) is 5.84. The minimum atomic E-state index is -3.81. The van der Waals surface area contributed by atoms with E-state index in [1.54, 1.807) is 18.5 Å². The van der Waals surface area contributed by atoms with Gasteiger partial charge in [-0.1, -0.05) is 0 Å². The van der Waals surface area contributed by atoms with Crippen LogP contribution in [0.1, 0.15) is 5.56 Å². The molecule has 0 spiro atoms. The molecular weight excluding hydrogens is 332 g/mol. The molecule has 0 amide bonds. The third kappa shape index (κ3) is 2.13. The van der Waals surface area contributed by atoms with Gasteiger partial charge in [-0.05, 0) is 36.2 Å². The van der Waals surface area contributed by atoms with Crippen LogP contribution in [0.3, 0.4) is 0 Å². The summed E-state index contributed by atoms with van der Waals surface area (Å²) in [4.78, 5) is 31.8. The number of sulfonamides is 1. The first-order chi connectivity index (χ1) is 11.5. The average molecular weight is 344 g/mol. The summed E-state index contributed by atoms with van der Waals surface area (Å²) in [7, 11) is -3.81. The molecule has 0 saturated carbocycles. The van der Waals surface area contributed by atoms with Crippen molar-refractivity contribution in [3.8, 4) is 0 Å². The summed E-state index contributed by atoms with van der Waals surface area (Å²) >= 11 is 0. The number of benzene rings is 1. The highest BCUT2D eigenvalue weighted by Crippen LogP contribution is 2.32. The van der Waals surface area contributed by atoms with Gasteiger partial charge in [-0.15, -0.1) is 0 Å². The molecule has 0 radical (unpaired) electrons. The topological polar surface area (TPSA) is 116 Å². The molecule has 1 aromatic carbocycles. The summed E-state index contributed by atoms with van der Waals surface area (Å²) in [6, 6.07) is 5.73. The van der Waals surface area contributed by atoms with Crippen molar-refractivity contribution in [1.82, 2.24) is 15.0 Å². The van der Waals surface area contributed by atoms with Crippen LogP contribution in [0.4, 0.5) is 5.69 Å². The molecule has 0 fully saturated rings. The van der Waals surface area contributed by atoms with E-state index in [1.807, 2.05) is 0 Å². The van der Waals surface area contributed by atoms with Crippen molar-refractivity contribution in [2.75, 3.05) is 10.8 Å². The number of pyridine rings is 1. The molecular formula is C15H12N4O4S. The predicted octanol–water partition coefficient (Wildman–Crippen LogP) is 0.363. The molecule has 122 valence electrons. The number of H-pyrrole nitrogens is 2. The Morgan fingerprint density at radius 3 is 2.79 bits per heavy atom. The second-order valence-electron chi connectivity index (χ2n) is 5.45. The fourth-order valence-corrected chi connectivity index (χ4v) is 4.41. The molecule has 1 aliphatic rings. The smallest absolute Gasteiger partial charge is 0.307 e. The first kappa shape index (κ1) is 14.6. The summed E-state index contributed by atoms with van der Waals surface area (Å²) in [5, 5.41) is 0.116. The van der Waals surface area contributed by atoms with Crippen LogP contribution in [-0.2, 0) is 16.4 Å². The Morgan fingerprint density at radius 1 is 1.12 bits per heavy atom. The van der Waals surface area contributed by atoms with Gasteiger partial charge < -0.3 is 4.98 Å². The van der Waals surface area contributed by atoms with E-state index in [0.717, 1.165) is 5.56 Å². The van der Waals surface area contributed by atoms with E-state index in [-0.39, 0.29) is 15.8 Å². The van der Waals surface area contributed by atoms with Gasteiger partial charge in [0.1, 0.15) is 0 Å². The Labute approximate surface area is 135 Å². The molecule has 4 rings (SSSR count). The van der Waals surface area contributed by atoms with E-state index < -0.39 is 21.3 Å². The fourth-order valence-electron chi connectivity index (χ4n) is 2.88. The number of nitrogens with one attached hydrogen (secondary N) is 2. The number of hydrogen-bond acceptors (Lipinski definition) is 5. The number of rotatable bonds is 2.